The molecular formula is C26H25N5O3S2. The molecule has 2 aromatic heterocycles. The monoisotopic (exact) mass is 519 g/mol. The van der Waals surface area contributed by atoms with Crippen LogP contribution in [0, 0.1) is 0 Å². The third-order valence-corrected chi connectivity index (χ3v) is 6.88. The van der Waals surface area contributed by atoms with E-state index in [2.05, 4.69) is 37.8 Å². The number of ether oxygens (including phenoxy) is 1. The van der Waals surface area contributed by atoms with Gasteiger partial charge in [-0.2, -0.15) is 0 Å². The summed E-state index contributed by atoms with van der Waals surface area (Å²) < 4.78 is 33.8. The summed E-state index contributed by atoms with van der Waals surface area (Å²) in [5.74, 6) is 0.388. The fourth-order valence-electron chi connectivity index (χ4n) is 4.51. The molecule has 1 aliphatic rings. The molecule has 0 amide bonds. The van der Waals surface area contributed by atoms with E-state index in [9.17, 15) is 8.42 Å². The van der Waals surface area contributed by atoms with Gasteiger partial charge >= 0.3 is 0 Å². The molecule has 1 fully saturated rings. The molecule has 1 aliphatic heterocycles. The summed E-state index contributed by atoms with van der Waals surface area (Å²) in [5.41, 5.74) is 4.01. The van der Waals surface area contributed by atoms with E-state index in [1.807, 2.05) is 59.6 Å². The summed E-state index contributed by atoms with van der Waals surface area (Å²) in [6.07, 6.45) is 4.90. The first kappa shape index (κ1) is 23.8. The van der Waals surface area contributed by atoms with Crippen LogP contribution in [0.3, 0.4) is 0 Å². The Hall–Kier alpha value is -3.89. The van der Waals surface area contributed by atoms with Gasteiger partial charge in [0.2, 0.25) is 10.0 Å². The molecule has 5 rings (SSSR count). The smallest absolute Gasteiger partial charge is 0.229 e. The highest BCUT2D eigenvalue weighted by Gasteiger charge is 2.42. The van der Waals surface area contributed by atoms with E-state index >= 15 is 0 Å². The van der Waals surface area contributed by atoms with Crippen molar-refractivity contribution in [3.05, 3.63) is 103 Å². The standard InChI is InChI=1S/C26H25N5O3S2/c1-34-23-17-19(13-14-20(23)29-36(2,32)33)31-25(24(28-26(31)35)21-11-6-7-15-27-21)22-12-8-16-30(22)18-9-4-3-5-10-18/h3-17,24-25,29H,1-2H3,(H,28,35)/t24-,25+/m0/s1. The Bertz CT molecular complexity index is 1490. The number of nitrogens with zero attached hydrogens (tertiary/aromatic N) is 3. The second-order valence-electron chi connectivity index (χ2n) is 8.39. The number of methoxy groups -OCH3 is 1. The minimum absolute atomic E-state index is 0.226. The molecule has 8 nitrogen and oxygen atoms in total. The number of sulfonamides is 1. The van der Waals surface area contributed by atoms with Crippen molar-refractivity contribution in [2.75, 3.05) is 23.0 Å². The van der Waals surface area contributed by atoms with Crippen molar-refractivity contribution in [2.45, 2.75) is 12.1 Å². The normalized spacial score (nSPS) is 17.6. The Kier molecular flexibility index (Phi) is 6.38. The highest BCUT2D eigenvalue weighted by molar-refractivity contribution is 7.92. The molecule has 36 heavy (non-hydrogen) atoms. The van der Waals surface area contributed by atoms with Gasteiger partial charge in [-0.1, -0.05) is 24.3 Å². The maximum atomic E-state index is 11.8. The van der Waals surface area contributed by atoms with Gasteiger partial charge in [0.25, 0.3) is 0 Å². The van der Waals surface area contributed by atoms with Crippen LogP contribution in [0.4, 0.5) is 11.4 Å². The summed E-state index contributed by atoms with van der Waals surface area (Å²) in [5, 5.41) is 3.99. The predicted molar refractivity (Wildman–Crippen MR) is 145 cm³/mol. The molecule has 2 aromatic carbocycles. The number of para-hydroxylation sites is 1. The Morgan fingerprint density at radius 2 is 1.78 bits per heavy atom. The van der Waals surface area contributed by atoms with Gasteiger partial charge in [-0.25, -0.2) is 8.42 Å². The number of benzene rings is 2. The zero-order chi connectivity index (χ0) is 25.3. The summed E-state index contributed by atoms with van der Waals surface area (Å²) >= 11 is 5.84. The van der Waals surface area contributed by atoms with Gasteiger partial charge in [0.1, 0.15) is 11.8 Å². The molecule has 1 saturated heterocycles. The van der Waals surface area contributed by atoms with Crippen molar-refractivity contribution < 1.29 is 13.2 Å². The van der Waals surface area contributed by atoms with Crippen molar-refractivity contribution in [3.8, 4) is 11.4 Å². The third kappa shape index (κ3) is 4.65. The zero-order valence-electron chi connectivity index (χ0n) is 19.7. The van der Waals surface area contributed by atoms with Gasteiger partial charge in [-0.3, -0.25) is 9.71 Å². The van der Waals surface area contributed by atoms with Crippen LogP contribution >= 0.6 is 12.2 Å². The SMILES string of the molecule is COc1cc(N2C(=S)N[C@@H](c3ccccn3)[C@H]2c2cccn2-c2ccccc2)ccc1NS(C)(=O)=O. The van der Waals surface area contributed by atoms with Crippen LogP contribution in [0.25, 0.3) is 5.69 Å². The number of anilines is 2. The van der Waals surface area contributed by atoms with E-state index in [1.54, 1.807) is 18.3 Å². The molecule has 2 N–H and O–H groups in total. The molecule has 10 heteroatoms. The number of pyridine rings is 1. The van der Waals surface area contributed by atoms with Crippen molar-refractivity contribution in [3.63, 3.8) is 0 Å². The first-order valence-corrected chi connectivity index (χ1v) is 13.5. The zero-order valence-corrected chi connectivity index (χ0v) is 21.3. The average Bonchev–Trinajstić information content (AvgIpc) is 3.49. The van der Waals surface area contributed by atoms with Crippen molar-refractivity contribution in [1.82, 2.24) is 14.9 Å². The van der Waals surface area contributed by atoms with Crippen LogP contribution in [0.1, 0.15) is 23.5 Å². The van der Waals surface area contributed by atoms with E-state index in [0.29, 0.717) is 16.5 Å². The Morgan fingerprint density at radius 3 is 2.47 bits per heavy atom. The van der Waals surface area contributed by atoms with E-state index in [1.165, 1.54) is 7.11 Å². The van der Waals surface area contributed by atoms with E-state index in [-0.39, 0.29) is 12.1 Å². The highest BCUT2D eigenvalue weighted by atomic mass is 32.2. The molecule has 0 radical (unpaired) electrons. The maximum Gasteiger partial charge on any atom is 0.229 e. The van der Waals surface area contributed by atoms with Gasteiger partial charge in [0.15, 0.2) is 5.11 Å². The minimum atomic E-state index is -3.47. The van der Waals surface area contributed by atoms with Gasteiger partial charge in [-0.05, 0) is 60.7 Å². The fourth-order valence-corrected chi connectivity index (χ4v) is 5.42. The maximum absolute atomic E-state index is 11.8. The number of hydrogen-bond acceptors (Lipinski definition) is 5. The summed E-state index contributed by atoms with van der Waals surface area (Å²) in [7, 11) is -1.97. The molecule has 3 heterocycles. The van der Waals surface area contributed by atoms with Crippen molar-refractivity contribution in [1.29, 1.82) is 0 Å². The summed E-state index contributed by atoms with van der Waals surface area (Å²) in [4.78, 5) is 6.64. The van der Waals surface area contributed by atoms with Crippen LogP contribution in [-0.2, 0) is 10.0 Å². The number of thiocarbonyl (C=S) groups is 1. The molecular weight excluding hydrogens is 494 g/mol. The molecule has 4 aromatic rings. The number of rotatable bonds is 7. The van der Waals surface area contributed by atoms with Crippen LogP contribution < -0.4 is 19.7 Å². The molecule has 184 valence electrons. The topological polar surface area (TPSA) is 88.5 Å². The van der Waals surface area contributed by atoms with Gasteiger partial charge in [0, 0.05) is 35.5 Å². The van der Waals surface area contributed by atoms with Gasteiger partial charge < -0.3 is 19.5 Å². The Morgan fingerprint density at radius 1 is 1.00 bits per heavy atom. The number of hydrogen-bond donors (Lipinski definition) is 2. The Balaban J connectivity index is 1.64. The minimum Gasteiger partial charge on any atom is -0.494 e. The van der Waals surface area contributed by atoms with Crippen LogP contribution in [-0.4, -0.2) is 36.4 Å². The van der Waals surface area contributed by atoms with E-state index in [4.69, 9.17) is 17.0 Å². The van der Waals surface area contributed by atoms with E-state index in [0.717, 1.165) is 29.0 Å². The average molecular weight is 520 g/mol. The lowest BCUT2D eigenvalue weighted by molar-refractivity contribution is 0.417. The van der Waals surface area contributed by atoms with Crippen LogP contribution in [0.2, 0.25) is 0 Å². The summed E-state index contributed by atoms with van der Waals surface area (Å²) in [6.45, 7) is 0. The predicted octanol–water partition coefficient (Wildman–Crippen LogP) is 4.43. The largest absolute Gasteiger partial charge is 0.494 e. The molecule has 0 spiro atoms. The van der Waals surface area contributed by atoms with Crippen LogP contribution in [0.15, 0.2) is 91.3 Å². The molecule has 0 saturated carbocycles. The second-order valence-corrected chi connectivity index (χ2v) is 10.5. The summed E-state index contributed by atoms with van der Waals surface area (Å²) in [6, 6.07) is 24.8. The first-order valence-electron chi connectivity index (χ1n) is 11.2. The third-order valence-electron chi connectivity index (χ3n) is 5.97. The molecule has 0 bridgehead atoms. The first-order chi connectivity index (χ1) is 17.4. The lowest BCUT2D eigenvalue weighted by atomic mass is 10.0. The quantitative estimate of drug-likeness (QED) is 0.349. The number of nitrogens with one attached hydrogen (secondary N) is 2. The van der Waals surface area contributed by atoms with Gasteiger partial charge in [-0.15, -0.1) is 0 Å². The molecule has 0 unspecified atom stereocenters. The van der Waals surface area contributed by atoms with Crippen molar-refractivity contribution >= 4 is 38.7 Å². The molecule has 2 atom stereocenters. The lowest BCUT2D eigenvalue weighted by Crippen LogP contribution is -2.30. The fraction of sp³-hybridized carbons (Fsp3) is 0.154. The lowest BCUT2D eigenvalue weighted by Gasteiger charge is -2.29. The molecule has 0 aliphatic carbocycles. The van der Waals surface area contributed by atoms with Crippen molar-refractivity contribution in [2.24, 2.45) is 0 Å². The van der Waals surface area contributed by atoms with Gasteiger partial charge in [0.05, 0.1) is 30.8 Å². The van der Waals surface area contributed by atoms with Crippen LogP contribution in [0.5, 0.6) is 5.75 Å². The second kappa shape index (κ2) is 9.63. The highest BCUT2D eigenvalue weighted by Crippen LogP contribution is 2.43. The van der Waals surface area contributed by atoms with E-state index < -0.39 is 10.0 Å². The Labute approximate surface area is 215 Å². The number of aromatic nitrogens is 2.